The first-order chi connectivity index (χ1) is 13.2. The lowest BCUT2D eigenvalue weighted by atomic mass is 10.0. The average molecular weight is 359 g/mol. The maximum Gasteiger partial charge on any atom is 0.267 e. The van der Waals surface area contributed by atoms with E-state index in [-0.39, 0.29) is 5.56 Å². The van der Waals surface area contributed by atoms with Gasteiger partial charge in [0.2, 0.25) is 0 Å². The Hall–Kier alpha value is -2.75. The third-order valence-electron chi connectivity index (χ3n) is 5.39. The van der Waals surface area contributed by atoms with E-state index in [1.807, 2.05) is 6.07 Å². The van der Waals surface area contributed by atoms with Crippen molar-refractivity contribution in [2.45, 2.75) is 51.9 Å². The smallest absolute Gasteiger partial charge is 0.267 e. The first-order valence-corrected chi connectivity index (χ1v) is 9.90. The summed E-state index contributed by atoms with van der Waals surface area (Å²) in [7, 11) is 0. The molecular weight excluding hydrogens is 334 g/mol. The Morgan fingerprint density at radius 2 is 1.85 bits per heavy atom. The van der Waals surface area contributed by atoms with Crippen LogP contribution in [0, 0.1) is 0 Å². The molecule has 4 nitrogen and oxygen atoms in total. The van der Waals surface area contributed by atoms with Gasteiger partial charge in [-0.1, -0.05) is 51.7 Å². The highest BCUT2D eigenvalue weighted by Gasteiger charge is 2.13. The summed E-state index contributed by atoms with van der Waals surface area (Å²) >= 11 is 0. The van der Waals surface area contributed by atoms with E-state index in [9.17, 15) is 4.79 Å². The van der Waals surface area contributed by atoms with Gasteiger partial charge in [-0.15, -0.1) is 0 Å². The molecule has 0 aliphatic heterocycles. The quantitative estimate of drug-likeness (QED) is 0.459. The number of aromatic nitrogens is 3. The molecular formula is C23H25N3O. The molecule has 4 heteroatoms. The van der Waals surface area contributed by atoms with Crippen LogP contribution in [-0.2, 0) is 6.42 Å². The van der Waals surface area contributed by atoms with Gasteiger partial charge in [-0.3, -0.25) is 14.2 Å². The van der Waals surface area contributed by atoms with E-state index in [4.69, 9.17) is 0 Å². The lowest BCUT2D eigenvalue weighted by molar-refractivity contribution is 0.607. The Labute approximate surface area is 158 Å². The van der Waals surface area contributed by atoms with Crippen molar-refractivity contribution in [3.63, 3.8) is 0 Å². The number of rotatable bonds is 7. The second-order valence-corrected chi connectivity index (χ2v) is 7.32. The van der Waals surface area contributed by atoms with Crippen LogP contribution in [0.25, 0.3) is 34.0 Å². The molecule has 4 aromatic rings. The second-order valence-electron chi connectivity index (χ2n) is 7.32. The van der Waals surface area contributed by atoms with Crippen molar-refractivity contribution in [1.29, 1.82) is 0 Å². The number of fused-ring (bicyclic) bond motifs is 4. The molecule has 0 saturated carbocycles. The fourth-order valence-electron chi connectivity index (χ4n) is 3.86. The molecule has 0 amide bonds. The fraction of sp³-hybridized carbons (Fsp3) is 0.348. The highest BCUT2D eigenvalue weighted by atomic mass is 16.1. The Balaban J connectivity index is 1.70. The predicted molar refractivity (Wildman–Crippen MR) is 112 cm³/mol. The highest BCUT2D eigenvalue weighted by molar-refractivity contribution is 5.90. The summed E-state index contributed by atoms with van der Waals surface area (Å²) in [5.41, 5.74) is 3.42. The molecule has 0 aliphatic rings. The van der Waals surface area contributed by atoms with Crippen LogP contribution in [0.4, 0.5) is 0 Å². The molecule has 4 rings (SSSR count). The zero-order valence-corrected chi connectivity index (χ0v) is 15.9. The Morgan fingerprint density at radius 3 is 2.70 bits per heavy atom. The van der Waals surface area contributed by atoms with Crippen molar-refractivity contribution in [3.05, 3.63) is 57.8 Å². The molecule has 3 aromatic heterocycles. The molecule has 0 unspecified atom stereocenters. The van der Waals surface area contributed by atoms with E-state index in [0.717, 1.165) is 22.5 Å². The van der Waals surface area contributed by atoms with E-state index < -0.39 is 0 Å². The van der Waals surface area contributed by atoms with E-state index in [0.29, 0.717) is 16.6 Å². The molecule has 0 atom stereocenters. The Bertz CT molecular complexity index is 1210. The summed E-state index contributed by atoms with van der Waals surface area (Å²) in [6, 6.07) is 8.13. The second kappa shape index (κ2) is 7.47. The van der Waals surface area contributed by atoms with Gasteiger partial charge in [0, 0.05) is 23.0 Å². The van der Waals surface area contributed by atoms with E-state index in [1.165, 1.54) is 44.1 Å². The van der Waals surface area contributed by atoms with Crippen LogP contribution in [0.1, 0.15) is 51.0 Å². The van der Waals surface area contributed by atoms with Gasteiger partial charge in [0.1, 0.15) is 5.65 Å². The summed E-state index contributed by atoms with van der Waals surface area (Å²) < 4.78 is 1.68. The van der Waals surface area contributed by atoms with Crippen molar-refractivity contribution in [1.82, 2.24) is 14.4 Å². The van der Waals surface area contributed by atoms with Crippen LogP contribution < -0.4 is 10.8 Å². The molecule has 138 valence electrons. The summed E-state index contributed by atoms with van der Waals surface area (Å²) in [6.45, 7) is 6.46. The minimum absolute atomic E-state index is 0.0772. The third kappa shape index (κ3) is 3.20. The normalized spacial score (nSPS) is 11.7. The summed E-state index contributed by atoms with van der Waals surface area (Å²) in [5, 5.41) is 2.38. The molecule has 1 aromatic carbocycles. The van der Waals surface area contributed by atoms with Gasteiger partial charge < -0.3 is 0 Å². The first-order valence-electron chi connectivity index (χ1n) is 9.90. The van der Waals surface area contributed by atoms with Gasteiger partial charge in [0.15, 0.2) is 0 Å². The summed E-state index contributed by atoms with van der Waals surface area (Å²) in [6.07, 6.45) is 12.1. The van der Waals surface area contributed by atoms with Crippen LogP contribution >= 0.6 is 0 Å². The van der Waals surface area contributed by atoms with Crippen molar-refractivity contribution >= 4 is 34.0 Å². The Morgan fingerprint density at radius 1 is 1.04 bits per heavy atom. The highest BCUT2D eigenvalue weighted by Crippen LogP contribution is 2.18. The van der Waals surface area contributed by atoms with Crippen molar-refractivity contribution < 1.29 is 0 Å². The third-order valence-corrected chi connectivity index (χ3v) is 5.39. The maximum absolute atomic E-state index is 13.0. The Kier molecular flexibility index (Phi) is 4.88. The van der Waals surface area contributed by atoms with E-state index >= 15 is 0 Å². The van der Waals surface area contributed by atoms with Crippen LogP contribution in [0.2, 0.25) is 0 Å². The van der Waals surface area contributed by atoms with E-state index in [1.54, 1.807) is 22.9 Å². The standard InChI is InChI=1S/C23H25N3O/c1-3-4-5-6-7-8-9-17-10-11-21-18(14-17)16(2)22-25-20-12-13-24-15-19(20)23(27)26(21)22/h10-15H,2-9H2,1H3. The maximum atomic E-state index is 13.0. The SMILES string of the molecule is C=c1c2cc(CCCCCCCC)ccc2n2c(=O)c3cnccc3nc12. The molecule has 0 N–H and O–H groups in total. The monoisotopic (exact) mass is 359 g/mol. The van der Waals surface area contributed by atoms with Crippen LogP contribution in [-0.4, -0.2) is 14.4 Å². The predicted octanol–water partition coefficient (Wildman–Crippen LogP) is 4.43. The van der Waals surface area contributed by atoms with Crippen LogP contribution in [0.3, 0.4) is 0 Å². The largest absolute Gasteiger partial charge is 0.268 e. The molecule has 0 radical (unpaired) electrons. The number of benzene rings is 1. The zero-order valence-electron chi connectivity index (χ0n) is 15.9. The molecule has 0 aliphatic carbocycles. The number of aryl methyl sites for hydroxylation is 1. The molecule has 0 bridgehead atoms. The van der Waals surface area contributed by atoms with Crippen LogP contribution in [0.5, 0.6) is 0 Å². The van der Waals surface area contributed by atoms with Gasteiger partial charge >= 0.3 is 0 Å². The first kappa shape index (κ1) is 17.7. The number of unbranched alkanes of at least 4 members (excludes halogenated alkanes) is 5. The molecule has 0 fully saturated rings. The van der Waals surface area contributed by atoms with Crippen molar-refractivity contribution in [2.24, 2.45) is 0 Å². The number of hydrogen-bond acceptors (Lipinski definition) is 3. The number of hydrogen-bond donors (Lipinski definition) is 0. The van der Waals surface area contributed by atoms with Crippen LogP contribution in [0.15, 0.2) is 41.5 Å². The fourth-order valence-corrected chi connectivity index (χ4v) is 3.86. The lowest BCUT2D eigenvalue weighted by Crippen LogP contribution is -2.15. The lowest BCUT2D eigenvalue weighted by Gasteiger charge is -2.03. The van der Waals surface area contributed by atoms with Gasteiger partial charge in [-0.2, -0.15) is 0 Å². The van der Waals surface area contributed by atoms with Crippen molar-refractivity contribution in [2.75, 3.05) is 0 Å². The van der Waals surface area contributed by atoms with E-state index in [2.05, 4.69) is 35.6 Å². The van der Waals surface area contributed by atoms with Gasteiger partial charge in [0.25, 0.3) is 5.56 Å². The zero-order chi connectivity index (χ0) is 18.8. The number of nitrogens with zero attached hydrogens (tertiary/aromatic N) is 3. The minimum atomic E-state index is -0.0772. The molecule has 27 heavy (non-hydrogen) atoms. The number of pyridine rings is 1. The molecule has 0 saturated heterocycles. The minimum Gasteiger partial charge on any atom is -0.268 e. The van der Waals surface area contributed by atoms with Gasteiger partial charge in [-0.25, -0.2) is 4.98 Å². The molecule has 3 heterocycles. The van der Waals surface area contributed by atoms with Gasteiger partial charge in [0.05, 0.1) is 16.4 Å². The summed E-state index contributed by atoms with van der Waals surface area (Å²) in [5.74, 6) is 0. The topological polar surface area (TPSA) is 47.3 Å². The summed E-state index contributed by atoms with van der Waals surface area (Å²) in [4.78, 5) is 21.7. The van der Waals surface area contributed by atoms with Crippen molar-refractivity contribution in [3.8, 4) is 0 Å². The molecule has 0 spiro atoms. The average Bonchev–Trinajstić information content (AvgIpc) is 2.97. The van der Waals surface area contributed by atoms with Gasteiger partial charge in [-0.05, 0) is 36.6 Å².